The zero-order valence-corrected chi connectivity index (χ0v) is 16.7. The molecule has 0 bridgehead atoms. The molecular weight excluding hydrogens is 433 g/mol. The molecule has 0 spiro atoms. The Morgan fingerprint density at radius 1 is 1.10 bits per heavy atom. The minimum atomic E-state index is -4.48. The highest BCUT2D eigenvalue weighted by Crippen LogP contribution is 2.32. The first kappa shape index (κ1) is 20.8. The molecule has 4 rings (SSSR count). The van der Waals surface area contributed by atoms with E-state index in [1.54, 1.807) is 6.92 Å². The number of imidazole rings is 1. The normalized spacial score (nSPS) is 12.3. The van der Waals surface area contributed by atoms with Gasteiger partial charge in [-0.15, -0.1) is 5.10 Å². The molecule has 0 amide bonds. The average Bonchev–Trinajstić information content (AvgIpc) is 3.03. The van der Waals surface area contributed by atoms with Crippen LogP contribution in [0.15, 0.2) is 59.6 Å². The summed E-state index contributed by atoms with van der Waals surface area (Å²) >= 11 is 0. The number of aromatic nitrogens is 4. The number of nitrogens with zero attached hydrogens (tertiary/aromatic N) is 4. The second-order valence-corrected chi connectivity index (χ2v) is 8.23. The number of rotatable bonds is 4. The first-order valence-electron chi connectivity index (χ1n) is 8.82. The number of nitrogens with two attached hydrogens (primary N) is 1. The summed E-state index contributed by atoms with van der Waals surface area (Å²) in [6.07, 6.45) is -2.99. The fraction of sp³-hybridized carbons (Fsp3) is 0.105. The van der Waals surface area contributed by atoms with Gasteiger partial charge >= 0.3 is 6.18 Å². The summed E-state index contributed by atoms with van der Waals surface area (Å²) in [4.78, 5) is 8.50. The number of sulfonamides is 1. The molecule has 2 aromatic heterocycles. The van der Waals surface area contributed by atoms with Crippen LogP contribution in [0.1, 0.15) is 11.3 Å². The SMILES string of the molecule is Cc1nc(-c2cccc(C(F)(F)F)c2)n2nc(Nc3ccc(S(N)(=O)=O)cc3)ncc12. The molecule has 0 aliphatic carbocycles. The molecule has 0 radical (unpaired) electrons. The van der Waals surface area contributed by atoms with E-state index in [0.717, 1.165) is 12.1 Å². The van der Waals surface area contributed by atoms with Crippen LogP contribution in [0.3, 0.4) is 0 Å². The van der Waals surface area contributed by atoms with Gasteiger partial charge in [0.1, 0.15) is 5.52 Å². The number of anilines is 2. The third-order valence-corrected chi connectivity index (χ3v) is 5.39. The van der Waals surface area contributed by atoms with Crippen LogP contribution in [-0.4, -0.2) is 28.0 Å². The largest absolute Gasteiger partial charge is 0.416 e. The highest BCUT2D eigenvalue weighted by Gasteiger charge is 2.31. The van der Waals surface area contributed by atoms with Crippen molar-refractivity contribution >= 4 is 27.2 Å². The Morgan fingerprint density at radius 3 is 2.45 bits per heavy atom. The van der Waals surface area contributed by atoms with Gasteiger partial charge in [0.05, 0.1) is 22.3 Å². The highest BCUT2D eigenvalue weighted by molar-refractivity contribution is 7.89. The Hall–Kier alpha value is -3.51. The molecule has 2 aromatic carbocycles. The van der Waals surface area contributed by atoms with Gasteiger partial charge < -0.3 is 5.32 Å². The van der Waals surface area contributed by atoms with Crippen LogP contribution in [0.4, 0.5) is 24.8 Å². The highest BCUT2D eigenvalue weighted by atomic mass is 32.2. The van der Waals surface area contributed by atoms with E-state index in [1.165, 1.54) is 47.1 Å². The van der Waals surface area contributed by atoms with Crippen LogP contribution in [0.25, 0.3) is 16.9 Å². The zero-order valence-electron chi connectivity index (χ0n) is 15.9. The average molecular weight is 448 g/mol. The van der Waals surface area contributed by atoms with Gasteiger partial charge in [-0.25, -0.2) is 28.0 Å². The van der Waals surface area contributed by atoms with Crippen molar-refractivity contribution < 1.29 is 21.6 Å². The minimum Gasteiger partial charge on any atom is -0.323 e. The molecule has 160 valence electrons. The van der Waals surface area contributed by atoms with Gasteiger partial charge in [-0.1, -0.05) is 12.1 Å². The summed E-state index contributed by atoms with van der Waals surface area (Å²) in [5, 5.41) is 12.3. The topological polar surface area (TPSA) is 115 Å². The molecule has 31 heavy (non-hydrogen) atoms. The first-order valence-corrected chi connectivity index (χ1v) is 10.4. The summed E-state index contributed by atoms with van der Waals surface area (Å²) < 4.78 is 63.4. The maximum absolute atomic E-state index is 13.1. The summed E-state index contributed by atoms with van der Waals surface area (Å²) in [5.41, 5.74) is 1.03. The van der Waals surface area contributed by atoms with E-state index in [-0.39, 0.29) is 22.2 Å². The van der Waals surface area contributed by atoms with Gasteiger partial charge in [0, 0.05) is 11.3 Å². The number of aryl methyl sites for hydroxylation is 1. The van der Waals surface area contributed by atoms with Crippen molar-refractivity contribution in [1.82, 2.24) is 19.6 Å². The molecule has 3 N–H and O–H groups in total. The Balaban J connectivity index is 1.73. The number of halogens is 3. The lowest BCUT2D eigenvalue weighted by Crippen LogP contribution is -2.11. The molecule has 0 aliphatic heterocycles. The summed E-state index contributed by atoms with van der Waals surface area (Å²) in [6, 6.07) is 10.4. The van der Waals surface area contributed by atoms with Gasteiger partial charge in [0.2, 0.25) is 16.0 Å². The van der Waals surface area contributed by atoms with Crippen LogP contribution >= 0.6 is 0 Å². The van der Waals surface area contributed by atoms with Gasteiger partial charge in [-0.2, -0.15) is 13.2 Å². The van der Waals surface area contributed by atoms with Gasteiger partial charge in [-0.3, -0.25) is 0 Å². The second-order valence-electron chi connectivity index (χ2n) is 6.67. The smallest absolute Gasteiger partial charge is 0.323 e. The van der Waals surface area contributed by atoms with E-state index in [9.17, 15) is 21.6 Å². The molecular formula is C19H15F3N6O2S. The predicted molar refractivity (Wildman–Crippen MR) is 107 cm³/mol. The van der Waals surface area contributed by atoms with E-state index < -0.39 is 21.8 Å². The third-order valence-electron chi connectivity index (χ3n) is 4.46. The molecule has 8 nitrogen and oxygen atoms in total. The summed E-state index contributed by atoms with van der Waals surface area (Å²) in [7, 11) is -3.82. The molecule has 0 fully saturated rings. The number of alkyl halides is 3. The molecule has 12 heteroatoms. The fourth-order valence-corrected chi connectivity index (χ4v) is 3.47. The number of hydrogen-bond acceptors (Lipinski definition) is 6. The Kier molecular flexibility index (Phi) is 4.90. The predicted octanol–water partition coefficient (Wildman–Crippen LogP) is 3.51. The quantitative estimate of drug-likeness (QED) is 0.494. The van der Waals surface area contributed by atoms with Gasteiger partial charge in [0.15, 0.2) is 5.82 Å². The summed E-state index contributed by atoms with van der Waals surface area (Å²) in [5.74, 6) is 0.370. The van der Waals surface area contributed by atoms with Crippen LogP contribution in [0.5, 0.6) is 0 Å². The van der Waals surface area contributed by atoms with Crippen molar-refractivity contribution in [3.05, 3.63) is 66.0 Å². The molecule has 0 unspecified atom stereocenters. The van der Waals surface area contributed by atoms with Crippen LogP contribution in [-0.2, 0) is 16.2 Å². The lowest BCUT2D eigenvalue weighted by Gasteiger charge is -2.09. The number of primary sulfonamides is 1. The van der Waals surface area contributed by atoms with Gasteiger partial charge in [0.25, 0.3) is 0 Å². The third kappa shape index (κ3) is 4.20. The Labute approximate surface area is 174 Å². The molecule has 2 heterocycles. The lowest BCUT2D eigenvalue weighted by molar-refractivity contribution is -0.137. The van der Waals surface area contributed by atoms with Crippen molar-refractivity contribution in [3.8, 4) is 11.4 Å². The monoisotopic (exact) mass is 448 g/mol. The first-order chi connectivity index (χ1) is 14.5. The van der Waals surface area contributed by atoms with E-state index in [1.807, 2.05) is 0 Å². The minimum absolute atomic E-state index is 0.0495. The Bertz CT molecular complexity index is 1380. The molecule has 4 aromatic rings. The molecule has 0 saturated carbocycles. The number of nitrogens with one attached hydrogen (secondary N) is 1. The van der Waals surface area contributed by atoms with Crippen LogP contribution in [0, 0.1) is 6.92 Å². The maximum atomic E-state index is 13.1. The Morgan fingerprint density at radius 2 is 1.81 bits per heavy atom. The van der Waals surface area contributed by atoms with Crippen LogP contribution in [0.2, 0.25) is 0 Å². The van der Waals surface area contributed by atoms with Crippen molar-refractivity contribution in [2.24, 2.45) is 5.14 Å². The number of benzene rings is 2. The number of fused-ring (bicyclic) bond motifs is 1. The zero-order chi connectivity index (χ0) is 22.4. The van der Waals surface area contributed by atoms with E-state index in [2.05, 4.69) is 20.4 Å². The van der Waals surface area contributed by atoms with E-state index in [4.69, 9.17) is 5.14 Å². The standard InChI is InChI=1S/C19H15F3N6O2S/c1-11-16-10-24-18(26-14-5-7-15(8-6-14)31(23,29)30)27-28(16)17(25-11)12-3-2-4-13(9-12)19(20,21)22/h2-10H,1H3,(H,26,27)(H2,23,29,30). The van der Waals surface area contributed by atoms with Crippen molar-refractivity contribution in [2.45, 2.75) is 18.0 Å². The van der Waals surface area contributed by atoms with Crippen LogP contribution < -0.4 is 10.5 Å². The van der Waals surface area contributed by atoms with Crippen molar-refractivity contribution in [3.63, 3.8) is 0 Å². The van der Waals surface area contributed by atoms with E-state index >= 15 is 0 Å². The fourth-order valence-electron chi connectivity index (χ4n) is 2.96. The van der Waals surface area contributed by atoms with Crippen molar-refractivity contribution in [2.75, 3.05) is 5.32 Å². The maximum Gasteiger partial charge on any atom is 0.416 e. The van der Waals surface area contributed by atoms with E-state index in [0.29, 0.717) is 16.9 Å². The van der Waals surface area contributed by atoms with Gasteiger partial charge in [-0.05, 0) is 43.3 Å². The molecule has 0 atom stereocenters. The summed E-state index contributed by atoms with van der Waals surface area (Å²) in [6.45, 7) is 1.70. The second kappa shape index (κ2) is 7.32. The number of hydrogen-bond donors (Lipinski definition) is 2. The molecule has 0 aliphatic rings. The molecule has 0 saturated heterocycles. The van der Waals surface area contributed by atoms with Crippen molar-refractivity contribution in [1.29, 1.82) is 0 Å². The lowest BCUT2D eigenvalue weighted by atomic mass is 10.1.